The molecule has 0 spiro atoms. The van der Waals surface area contributed by atoms with Crippen LogP contribution in [0.25, 0.3) is 0 Å². The quantitative estimate of drug-likeness (QED) is 0.821. The van der Waals surface area contributed by atoms with E-state index in [4.69, 9.17) is 22.0 Å². The van der Waals surface area contributed by atoms with Gasteiger partial charge in [-0.1, -0.05) is 11.6 Å². The second-order valence-electron chi connectivity index (χ2n) is 3.87. The third-order valence-corrected chi connectivity index (χ3v) is 4.11. The zero-order chi connectivity index (χ0) is 15.3. The van der Waals surface area contributed by atoms with Crippen molar-refractivity contribution in [2.45, 2.75) is 6.42 Å². The lowest BCUT2D eigenvalue weighted by Crippen LogP contribution is -2.34. The summed E-state index contributed by atoms with van der Waals surface area (Å²) in [7, 11) is -2.71. The number of halogens is 1. The molecule has 2 N–H and O–H groups in total. The van der Waals surface area contributed by atoms with Gasteiger partial charge in [0.1, 0.15) is 6.07 Å². The molecule has 108 valence electrons. The molecule has 0 saturated heterocycles. The van der Waals surface area contributed by atoms with Crippen molar-refractivity contribution in [3.8, 4) is 6.07 Å². The Hall–Kier alpha value is -1.82. The van der Waals surface area contributed by atoms with Gasteiger partial charge >= 0.3 is 16.2 Å². The summed E-state index contributed by atoms with van der Waals surface area (Å²) in [6.45, 7) is -0.187. The average Bonchev–Trinajstić information content (AvgIpc) is 2.35. The Balaban J connectivity index is 2.94. The summed E-state index contributed by atoms with van der Waals surface area (Å²) in [5.41, 5.74) is 0.159. The lowest BCUT2D eigenvalue weighted by Gasteiger charge is -2.18. The number of hydrogen-bond donors (Lipinski definition) is 2. The van der Waals surface area contributed by atoms with Gasteiger partial charge in [-0.3, -0.25) is 9.52 Å². The van der Waals surface area contributed by atoms with Crippen molar-refractivity contribution in [2.24, 2.45) is 0 Å². The minimum absolute atomic E-state index is 0.0437. The number of carboxylic acids is 1. The number of nitriles is 1. The largest absolute Gasteiger partial charge is 0.481 e. The van der Waals surface area contributed by atoms with Crippen LogP contribution in [-0.2, 0) is 15.0 Å². The molecule has 0 unspecified atom stereocenters. The van der Waals surface area contributed by atoms with Gasteiger partial charge < -0.3 is 5.11 Å². The maximum atomic E-state index is 12.0. The Kier molecular flexibility index (Phi) is 5.33. The second kappa shape index (κ2) is 6.56. The molecule has 9 heteroatoms. The van der Waals surface area contributed by atoms with Crippen molar-refractivity contribution < 1.29 is 18.3 Å². The van der Waals surface area contributed by atoms with Gasteiger partial charge in [-0.2, -0.15) is 18.0 Å². The lowest BCUT2D eigenvalue weighted by molar-refractivity contribution is -0.137. The van der Waals surface area contributed by atoms with E-state index in [1.54, 1.807) is 0 Å². The molecule has 7 nitrogen and oxygen atoms in total. The van der Waals surface area contributed by atoms with Crippen LogP contribution in [0.4, 0.5) is 5.69 Å². The normalized spacial score (nSPS) is 11.1. The Morgan fingerprint density at radius 1 is 1.55 bits per heavy atom. The highest BCUT2D eigenvalue weighted by Gasteiger charge is 2.19. The zero-order valence-electron chi connectivity index (χ0n) is 10.5. The molecule has 0 aliphatic carbocycles. The van der Waals surface area contributed by atoms with E-state index in [1.807, 2.05) is 6.07 Å². The maximum absolute atomic E-state index is 12.0. The van der Waals surface area contributed by atoms with Crippen molar-refractivity contribution in [1.82, 2.24) is 4.31 Å². The number of nitrogens with one attached hydrogen (secondary N) is 1. The fraction of sp³-hybridized carbons (Fsp3) is 0.273. The summed E-state index contributed by atoms with van der Waals surface area (Å²) in [5, 5.41) is 17.7. The third-order valence-electron chi connectivity index (χ3n) is 2.39. The van der Waals surface area contributed by atoms with E-state index in [0.717, 1.165) is 4.31 Å². The summed E-state index contributed by atoms with van der Waals surface area (Å²) in [6.07, 6.45) is -0.321. The molecule has 0 heterocycles. The maximum Gasteiger partial charge on any atom is 0.304 e. The SMILES string of the molecule is CN(CCC(=O)O)S(=O)(=O)Nc1cc(Cl)ccc1C#N. The zero-order valence-corrected chi connectivity index (χ0v) is 12.1. The van der Waals surface area contributed by atoms with Gasteiger partial charge in [0, 0.05) is 18.6 Å². The van der Waals surface area contributed by atoms with Gasteiger partial charge in [-0.05, 0) is 18.2 Å². The first-order valence-electron chi connectivity index (χ1n) is 5.42. The van der Waals surface area contributed by atoms with Crippen LogP contribution < -0.4 is 4.72 Å². The highest BCUT2D eigenvalue weighted by molar-refractivity contribution is 7.90. The number of benzene rings is 1. The molecule has 1 aromatic carbocycles. The average molecular weight is 318 g/mol. The smallest absolute Gasteiger partial charge is 0.304 e. The second-order valence-corrected chi connectivity index (χ2v) is 6.09. The van der Waals surface area contributed by atoms with Crippen LogP contribution in [0.1, 0.15) is 12.0 Å². The van der Waals surface area contributed by atoms with Gasteiger partial charge in [0.05, 0.1) is 17.7 Å². The monoisotopic (exact) mass is 317 g/mol. The van der Waals surface area contributed by atoms with Crippen molar-refractivity contribution in [1.29, 1.82) is 5.26 Å². The fourth-order valence-electron chi connectivity index (χ4n) is 1.29. The molecule has 1 aromatic rings. The first-order valence-corrected chi connectivity index (χ1v) is 7.23. The number of hydrogen-bond acceptors (Lipinski definition) is 4. The third kappa shape index (κ3) is 4.38. The van der Waals surface area contributed by atoms with E-state index in [-0.39, 0.29) is 29.2 Å². The molecular formula is C11H12ClN3O4S. The first kappa shape index (κ1) is 16.2. The van der Waals surface area contributed by atoms with Gasteiger partial charge in [-0.15, -0.1) is 0 Å². The Labute approximate surface area is 121 Å². The number of aliphatic carboxylic acids is 1. The number of nitrogens with zero attached hydrogens (tertiary/aromatic N) is 2. The molecule has 0 fully saturated rings. The molecule has 0 atom stereocenters. The molecule has 0 aromatic heterocycles. The van der Waals surface area contributed by atoms with Crippen molar-refractivity contribution in [3.05, 3.63) is 28.8 Å². The number of rotatable bonds is 6. The Morgan fingerprint density at radius 3 is 2.75 bits per heavy atom. The summed E-state index contributed by atoms with van der Waals surface area (Å²) < 4.78 is 27.0. The molecular weight excluding hydrogens is 306 g/mol. The van der Waals surface area contributed by atoms with Gasteiger partial charge in [0.15, 0.2) is 0 Å². The predicted octanol–water partition coefficient (Wildman–Crippen LogP) is 1.27. The van der Waals surface area contributed by atoms with Crippen molar-refractivity contribution >= 4 is 33.5 Å². The minimum Gasteiger partial charge on any atom is -0.481 e. The lowest BCUT2D eigenvalue weighted by atomic mass is 10.2. The molecule has 0 bridgehead atoms. The summed E-state index contributed by atoms with van der Waals surface area (Å²) >= 11 is 5.75. The van der Waals surface area contributed by atoms with Crippen molar-refractivity contribution in [2.75, 3.05) is 18.3 Å². The fourth-order valence-corrected chi connectivity index (χ4v) is 2.39. The van der Waals surface area contributed by atoms with Crippen LogP contribution in [0, 0.1) is 11.3 Å². The predicted molar refractivity (Wildman–Crippen MR) is 73.6 cm³/mol. The number of carboxylic acid groups (broad SMARTS) is 1. The molecule has 0 saturated carbocycles. The van der Waals surface area contributed by atoms with Gasteiger partial charge in [0.2, 0.25) is 0 Å². The minimum atomic E-state index is -3.95. The topological polar surface area (TPSA) is 110 Å². The Morgan fingerprint density at radius 2 is 2.20 bits per heavy atom. The van der Waals surface area contributed by atoms with E-state index < -0.39 is 16.2 Å². The van der Waals surface area contributed by atoms with Crippen molar-refractivity contribution in [3.63, 3.8) is 0 Å². The Bertz CT molecular complexity index is 654. The molecule has 0 amide bonds. The molecule has 0 radical (unpaired) electrons. The molecule has 0 aliphatic rings. The van der Waals surface area contributed by atoms with Crippen LogP contribution in [0.2, 0.25) is 5.02 Å². The number of carbonyl (C=O) groups is 1. The van der Waals surface area contributed by atoms with E-state index in [0.29, 0.717) is 0 Å². The summed E-state index contributed by atoms with van der Waals surface area (Å²) in [4.78, 5) is 10.4. The van der Waals surface area contributed by atoms with Crippen LogP contribution in [-0.4, -0.2) is 37.4 Å². The standard InChI is InChI=1S/C11H12ClN3O4S/c1-15(5-4-11(16)17)20(18,19)14-10-6-9(12)3-2-8(10)7-13/h2-3,6,14H,4-5H2,1H3,(H,16,17). The van der Waals surface area contributed by atoms with E-state index >= 15 is 0 Å². The van der Waals surface area contributed by atoms with Crippen LogP contribution in [0.5, 0.6) is 0 Å². The summed E-state index contributed by atoms with van der Waals surface area (Å²) in [5.74, 6) is -1.10. The first-order chi connectivity index (χ1) is 9.26. The molecule has 1 rings (SSSR count). The van der Waals surface area contributed by atoms with Gasteiger partial charge in [0.25, 0.3) is 0 Å². The molecule has 0 aliphatic heterocycles. The molecule has 20 heavy (non-hydrogen) atoms. The van der Waals surface area contributed by atoms with E-state index in [1.165, 1.54) is 25.2 Å². The highest BCUT2D eigenvalue weighted by Crippen LogP contribution is 2.22. The van der Waals surface area contributed by atoms with Crippen LogP contribution >= 0.6 is 11.6 Å². The van der Waals surface area contributed by atoms with Gasteiger partial charge in [-0.25, -0.2) is 0 Å². The highest BCUT2D eigenvalue weighted by atomic mass is 35.5. The van der Waals surface area contributed by atoms with E-state index in [2.05, 4.69) is 4.72 Å². The van der Waals surface area contributed by atoms with Crippen LogP contribution in [0.3, 0.4) is 0 Å². The number of anilines is 1. The van der Waals surface area contributed by atoms with E-state index in [9.17, 15) is 13.2 Å². The summed E-state index contributed by atoms with van der Waals surface area (Å²) in [6, 6.07) is 6.00. The van der Waals surface area contributed by atoms with Crippen LogP contribution in [0.15, 0.2) is 18.2 Å².